The van der Waals surface area contributed by atoms with E-state index in [0.717, 1.165) is 10.2 Å². The average molecular weight is 259 g/mol. The fourth-order valence-corrected chi connectivity index (χ4v) is 1.26. The molecule has 3 heteroatoms. The molecule has 0 saturated heterocycles. The molecular weight excluding hydrogens is 251 g/mol. The Hall–Kier alpha value is -0.460. The van der Waals surface area contributed by atoms with Crippen LogP contribution in [-0.4, -0.2) is 5.75 Å². The quantitative estimate of drug-likeness (QED) is 0.580. The summed E-state index contributed by atoms with van der Waals surface area (Å²) in [6.45, 7) is 0. The maximum absolute atomic E-state index is 12.8. The molecule has 13 heavy (non-hydrogen) atoms. The Morgan fingerprint density at radius 2 is 2.23 bits per heavy atom. The van der Waals surface area contributed by atoms with Crippen LogP contribution < -0.4 is 0 Å². The SMILES string of the molecule is Fc1ccc(Br)c(C#CCCS)c1. The minimum Gasteiger partial charge on any atom is -0.207 e. The fourth-order valence-electron chi connectivity index (χ4n) is 0.807. The van der Waals surface area contributed by atoms with Gasteiger partial charge in [-0.2, -0.15) is 12.6 Å². The van der Waals surface area contributed by atoms with Crippen molar-refractivity contribution in [3.8, 4) is 11.8 Å². The van der Waals surface area contributed by atoms with Gasteiger partial charge < -0.3 is 0 Å². The highest BCUT2D eigenvalue weighted by molar-refractivity contribution is 9.10. The van der Waals surface area contributed by atoms with Gasteiger partial charge in [0, 0.05) is 22.2 Å². The van der Waals surface area contributed by atoms with Crippen molar-refractivity contribution >= 4 is 28.6 Å². The molecule has 0 nitrogen and oxygen atoms in total. The largest absolute Gasteiger partial charge is 0.207 e. The van der Waals surface area contributed by atoms with E-state index in [2.05, 4.69) is 40.4 Å². The smallest absolute Gasteiger partial charge is 0.124 e. The van der Waals surface area contributed by atoms with E-state index in [0.29, 0.717) is 12.0 Å². The molecule has 0 bridgehead atoms. The van der Waals surface area contributed by atoms with Gasteiger partial charge in [0.2, 0.25) is 0 Å². The summed E-state index contributed by atoms with van der Waals surface area (Å²) in [4.78, 5) is 0. The van der Waals surface area contributed by atoms with Crippen LogP contribution in [0, 0.1) is 17.7 Å². The zero-order valence-corrected chi connectivity index (χ0v) is 9.33. The lowest BCUT2D eigenvalue weighted by Crippen LogP contribution is -1.80. The van der Waals surface area contributed by atoms with Crippen molar-refractivity contribution in [2.24, 2.45) is 0 Å². The Bertz CT molecular complexity index is 352. The van der Waals surface area contributed by atoms with Crippen molar-refractivity contribution < 1.29 is 4.39 Å². The first kappa shape index (κ1) is 10.6. The number of rotatable bonds is 1. The molecule has 68 valence electrons. The molecule has 0 amide bonds. The lowest BCUT2D eigenvalue weighted by Gasteiger charge is -1.94. The van der Waals surface area contributed by atoms with Crippen LogP contribution >= 0.6 is 28.6 Å². The molecule has 0 heterocycles. The fraction of sp³-hybridized carbons (Fsp3) is 0.200. The molecule has 1 aromatic carbocycles. The first-order chi connectivity index (χ1) is 6.24. The van der Waals surface area contributed by atoms with Crippen molar-refractivity contribution in [1.82, 2.24) is 0 Å². The van der Waals surface area contributed by atoms with E-state index in [1.807, 2.05) is 0 Å². The van der Waals surface area contributed by atoms with Crippen molar-refractivity contribution in [1.29, 1.82) is 0 Å². The zero-order valence-electron chi connectivity index (χ0n) is 6.85. The van der Waals surface area contributed by atoms with Crippen LogP contribution in [0.2, 0.25) is 0 Å². The second-order valence-corrected chi connectivity index (χ2v) is 3.70. The minimum absolute atomic E-state index is 0.265. The van der Waals surface area contributed by atoms with Gasteiger partial charge in [0.1, 0.15) is 5.82 Å². The molecule has 0 N–H and O–H groups in total. The highest BCUT2D eigenvalue weighted by atomic mass is 79.9. The molecule has 0 atom stereocenters. The van der Waals surface area contributed by atoms with Gasteiger partial charge in [0.05, 0.1) is 0 Å². The third kappa shape index (κ3) is 3.41. The first-order valence-electron chi connectivity index (χ1n) is 3.79. The van der Waals surface area contributed by atoms with Crippen molar-refractivity contribution in [2.75, 3.05) is 5.75 Å². The Labute approximate surface area is 91.1 Å². The van der Waals surface area contributed by atoms with Gasteiger partial charge in [-0.15, -0.1) is 0 Å². The maximum Gasteiger partial charge on any atom is 0.124 e. The van der Waals surface area contributed by atoms with Crippen LogP contribution in [0.5, 0.6) is 0 Å². The van der Waals surface area contributed by atoms with Crippen molar-refractivity contribution in [3.05, 3.63) is 34.1 Å². The highest BCUT2D eigenvalue weighted by Crippen LogP contribution is 2.16. The Kier molecular flexibility index (Phi) is 4.34. The van der Waals surface area contributed by atoms with E-state index in [-0.39, 0.29) is 5.82 Å². The maximum atomic E-state index is 12.8. The molecular formula is C10H8BrFS. The first-order valence-corrected chi connectivity index (χ1v) is 5.21. The second kappa shape index (κ2) is 5.31. The monoisotopic (exact) mass is 258 g/mol. The predicted octanol–water partition coefficient (Wildman–Crippen LogP) is 3.26. The molecule has 0 aromatic heterocycles. The van der Waals surface area contributed by atoms with Gasteiger partial charge in [-0.25, -0.2) is 4.39 Å². The molecule has 0 radical (unpaired) electrons. The average Bonchev–Trinajstić information content (AvgIpc) is 2.11. The molecule has 0 aliphatic heterocycles. The molecule has 0 spiro atoms. The van der Waals surface area contributed by atoms with Gasteiger partial charge in [-0.3, -0.25) is 0 Å². The number of benzene rings is 1. The predicted molar refractivity (Wildman–Crippen MR) is 59.4 cm³/mol. The third-order valence-corrected chi connectivity index (χ3v) is 2.30. The zero-order chi connectivity index (χ0) is 9.68. The summed E-state index contributed by atoms with van der Waals surface area (Å²) in [5.74, 6) is 6.22. The van der Waals surface area contributed by atoms with Crippen LogP contribution in [0.25, 0.3) is 0 Å². The van der Waals surface area contributed by atoms with E-state index in [4.69, 9.17) is 0 Å². The number of hydrogen-bond donors (Lipinski definition) is 1. The number of halogens is 2. The standard InChI is InChI=1S/C10H8BrFS/c11-10-5-4-9(12)7-8(10)3-1-2-6-13/h4-5,7,13H,2,6H2. The highest BCUT2D eigenvalue weighted by Gasteiger charge is 1.97. The normalized spacial score (nSPS) is 9.15. The molecule has 0 fully saturated rings. The number of hydrogen-bond acceptors (Lipinski definition) is 1. The van der Waals surface area contributed by atoms with E-state index in [1.54, 1.807) is 6.07 Å². The Balaban J connectivity index is 2.89. The van der Waals surface area contributed by atoms with Crippen LogP contribution in [0.15, 0.2) is 22.7 Å². The summed E-state index contributed by atoms with van der Waals surface area (Å²) in [6, 6.07) is 4.46. The van der Waals surface area contributed by atoms with E-state index < -0.39 is 0 Å². The van der Waals surface area contributed by atoms with Crippen molar-refractivity contribution in [2.45, 2.75) is 6.42 Å². The van der Waals surface area contributed by atoms with Gasteiger partial charge in [0.15, 0.2) is 0 Å². The summed E-state index contributed by atoms with van der Waals surface area (Å²) in [5.41, 5.74) is 0.682. The van der Waals surface area contributed by atoms with Crippen LogP contribution in [0.3, 0.4) is 0 Å². The second-order valence-electron chi connectivity index (χ2n) is 2.40. The van der Waals surface area contributed by atoms with Crippen LogP contribution in [0.4, 0.5) is 4.39 Å². The minimum atomic E-state index is -0.265. The van der Waals surface area contributed by atoms with Gasteiger partial charge >= 0.3 is 0 Å². The summed E-state index contributed by atoms with van der Waals surface area (Å²) in [5, 5.41) is 0. The molecule has 1 rings (SSSR count). The number of thiol groups is 1. The van der Waals surface area contributed by atoms with Crippen LogP contribution in [-0.2, 0) is 0 Å². The molecule has 1 aromatic rings. The lowest BCUT2D eigenvalue weighted by atomic mass is 10.2. The van der Waals surface area contributed by atoms with Gasteiger partial charge in [0.25, 0.3) is 0 Å². The third-order valence-electron chi connectivity index (χ3n) is 1.39. The molecule has 0 aliphatic carbocycles. The summed E-state index contributed by atoms with van der Waals surface area (Å²) in [7, 11) is 0. The van der Waals surface area contributed by atoms with Crippen molar-refractivity contribution in [3.63, 3.8) is 0 Å². The molecule has 0 saturated carbocycles. The lowest BCUT2D eigenvalue weighted by molar-refractivity contribution is 0.627. The Morgan fingerprint density at radius 3 is 2.92 bits per heavy atom. The summed E-state index contributed by atoms with van der Waals surface area (Å²) in [6.07, 6.45) is 0.714. The van der Waals surface area contributed by atoms with Crippen LogP contribution in [0.1, 0.15) is 12.0 Å². The molecule has 0 unspecified atom stereocenters. The van der Waals surface area contributed by atoms with Gasteiger partial charge in [-0.1, -0.05) is 11.8 Å². The summed E-state index contributed by atoms with van der Waals surface area (Å²) < 4.78 is 13.6. The topological polar surface area (TPSA) is 0 Å². The van der Waals surface area contributed by atoms with Gasteiger partial charge in [-0.05, 0) is 34.1 Å². The van der Waals surface area contributed by atoms with E-state index in [1.165, 1.54) is 12.1 Å². The molecule has 0 aliphatic rings. The van der Waals surface area contributed by atoms with E-state index >= 15 is 0 Å². The Morgan fingerprint density at radius 1 is 1.46 bits per heavy atom. The summed E-state index contributed by atoms with van der Waals surface area (Å²) >= 11 is 7.32. The van der Waals surface area contributed by atoms with E-state index in [9.17, 15) is 4.39 Å².